The standard InChI is InChI=1S/C28H36N4O4S/c1-20-10-12-22(13-11-20)18-29-24(33)9-4-3-6-16-31-27(35)26-23(14-17-37-26)32(28(31)36)19-25(34)30-15-7-5-8-21(30)2/h10-14,17,21H,3-9,15-16,18-19H2,1-2H3,(H,29,33)/t21-/m0/s1. The first-order chi connectivity index (χ1) is 17.8. The number of unbranched alkanes of at least 4 members (excludes halogenated alkanes) is 2. The first-order valence-electron chi connectivity index (χ1n) is 13.2. The predicted octanol–water partition coefficient (Wildman–Crippen LogP) is 3.81. The second-order valence-electron chi connectivity index (χ2n) is 9.97. The van der Waals surface area contributed by atoms with E-state index in [0.717, 1.165) is 31.2 Å². The molecule has 1 fully saturated rings. The van der Waals surface area contributed by atoms with Crippen molar-refractivity contribution in [2.75, 3.05) is 6.54 Å². The van der Waals surface area contributed by atoms with Crippen LogP contribution < -0.4 is 16.6 Å². The number of nitrogens with zero attached hydrogens (tertiary/aromatic N) is 3. The average molecular weight is 525 g/mol. The summed E-state index contributed by atoms with van der Waals surface area (Å²) in [6.45, 7) is 5.50. The van der Waals surface area contributed by atoms with E-state index in [0.29, 0.717) is 42.6 Å². The summed E-state index contributed by atoms with van der Waals surface area (Å²) in [5, 5.41) is 4.72. The van der Waals surface area contributed by atoms with Crippen LogP contribution in [0.5, 0.6) is 0 Å². The number of hydrogen-bond acceptors (Lipinski definition) is 5. The maximum absolute atomic E-state index is 13.3. The molecule has 2 amide bonds. The van der Waals surface area contributed by atoms with Gasteiger partial charge in [-0.15, -0.1) is 11.3 Å². The summed E-state index contributed by atoms with van der Waals surface area (Å²) in [6, 6.07) is 9.96. The van der Waals surface area contributed by atoms with Gasteiger partial charge in [0.2, 0.25) is 11.8 Å². The molecule has 37 heavy (non-hydrogen) atoms. The highest BCUT2D eigenvalue weighted by atomic mass is 32.1. The molecule has 9 heteroatoms. The Balaban J connectivity index is 1.34. The molecule has 4 rings (SSSR count). The van der Waals surface area contributed by atoms with Crippen molar-refractivity contribution >= 4 is 33.4 Å². The number of likely N-dealkylation sites (tertiary alicyclic amines) is 1. The van der Waals surface area contributed by atoms with Crippen molar-refractivity contribution in [3.63, 3.8) is 0 Å². The molecule has 0 saturated carbocycles. The summed E-state index contributed by atoms with van der Waals surface area (Å²) in [5.41, 5.74) is 2.03. The van der Waals surface area contributed by atoms with E-state index < -0.39 is 5.69 Å². The van der Waals surface area contributed by atoms with E-state index in [9.17, 15) is 19.2 Å². The summed E-state index contributed by atoms with van der Waals surface area (Å²) in [4.78, 5) is 53.4. The molecule has 198 valence electrons. The zero-order valence-corrected chi connectivity index (χ0v) is 22.5. The van der Waals surface area contributed by atoms with E-state index in [1.54, 1.807) is 11.4 Å². The fourth-order valence-electron chi connectivity index (χ4n) is 4.91. The number of aryl methyl sites for hydroxylation is 1. The van der Waals surface area contributed by atoms with Crippen LogP contribution in [0.1, 0.15) is 63.0 Å². The number of piperidine rings is 1. The number of rotatable bonds is 10. The van der Waals surface area contributed by atoms with E-state index in [4.69, 9.17) is 0 Å². The Morgan fingerprint density at radius 1 is 1.03 bits per heavy atom. The smallest absolute Gasteiger partial charge is 0.332 e. The van der Waals surface area contributed by atoms with E-state index in [1.807, 2.05) is 43.0 Å². The summed E-state index contributed by atoms with van der Waals surface area (Å²) in [7, 11) is 0. The molecular weight excluding hydrogens is 488 g/mol. The molecule has 0 unspecified atom stereocenters. The van der Waals surface area contributed by atoms with Crippen LogP contribution in [0.2, 0.25) is 0 Å². The third-order valence-electron chi connectivity index (χ3n) is 7.15. The van der Waals surface area contributed by atoms with Crippen LogP contribution in [0.4, 0.5) is 0 Å². The molecule has 3 aromatic rings. The highest BCUT2D eigenvalue weighted by Gasteiger charge is 2.25. The summed E-state index contributed by atoms with van der Waals surface area (Å²) in [6.07, 6.45) is 5.46. The van der Waals surface area contributed by atoms with Gasteiger partial charge in [-0.05, 0) is 63.0 Å². The molecular formula is C28H36N4O4S. The maximum atomic E-state index is 13.3. The Labute approximate surface area is 220 Å². The minimum Gasteiger partial charge on any atom is -0.352 e. The van der Waals surface area contributed by atoms with Crippen molar-refractivity contribution in [1.29, 1.82) is 0 Å². The van der Waals surface area contributed by atoms with Crippen LogP contribution in [0, 0.1) is 6.92 Å². The third kappa shape index (κ3) is 6.57. The van der Waals surface area contributed by atoms with E-state index >= 15 is 0 Å². The van der Waals surface area contributed by atoms with Crippen molar-refractivity contribution in [3.05, 3.63) is 67.7 Å². The van der Waals surface area contributed by atoms with Gasteiger partial charge in [0.25, 0.3) is 5.56 Å². The van der Waals surface area contributed by atoms with Gasteiger partial charge >= 0.3 is 5.69 Å². The van der Waals surface area contributed by atoms with Crippen LogP contribution in [0.3, 0.4) is 0 Å². The molecule has 1 saturated heterocycles. The normalized spacial score (nSPS) is 15.7. The average Bonchev–Trinajstić information content (AvgIpc) is 3.38. The Morgan fingerprint density at radius 2 is 1.81 bits per heavy atom. The molecule has 8 nitrogen and oxygen atoms in total. The molecule has 0 spiro atoms. The summed E-state index contributed by atoms with van der Waals surface area (Å²) >= 11 is 1.30. The fourth-order valence-corrected chi connectivity index (χ4v) is 5.75. The second kappa shape index (κ2) is 12.4. The number of aromatic nitrogens is 2. The Kier molecular flexibility index (Phi) is 8.97. The van der Waals surface area contributed by atoms with E-state index in [-0.39, 0.29) is 36.5 Å². The number of fused-ring (bicyclic) bond motifs is 1. The minimum atomic E-state index is -0.440. The zero-order chi connectivity index (χ0) is 26.4. The zero-order valence-electron chi connectivity index (χ0n) is 21.7. The Hall–Kier alpha value is -3.20. The molecule has 3 heterocycles. The largest absolute Gasteiger partial charge is 0.352 e. The number of carbonyl (C=O) groups is 2. The lowest BCUT2D eigenvalue weighted by atomic mass is 10.0. The Morgan fingerprint density at radius 3 is 2.57 bits per heavy atom. The Bertz CT molecular complexity index is 1360. The highest BCUT2D eigenvalue weighted by Crippen LogP contribution is 2.19. The third-order valence-corrected chi connectivity index (χ3v) is 8.04. The topological polar surface area (TPSA) is 93.4 Å². The first kappa shape index (κ1) is 26.9. The summed E-state index contributed by atoms with van der Waals surface area (Å²) in [5.74, 6) is -0.0887. The van der Waals surface area contributed by atoms with Gasteiger partial charge in [0.1, 0.15) is 11.2 Å². The van der Waals surface area contributed by atoms with Gasteiger partial charge in [0, 0.05) is 32.1 Å². The van der Waals surface area contributed by atoms with E-state index in [2.05, 4.69) is 5.32 Å². The van der Waals surface area contributed by atoms with Gasteiger partial charge in [0.05, 0.1) is 5.52 Å². The van der Waals surface area contributed by atoms with E-state index in [1.165, 1.54) is 26.0 Å². The van der Waals surface area contributed by atoms with Gasteiger partial charge in [-0.2, -0.15) is 0 Å². The lowest BCUT2D eigenvalue weighted by Gasteiger charge is -2.33. The fraction of sp³-hybridized carbons (Fsp3) is 0.500. The van der Waals surface area contributed by atoms with Gasteiger partial charge in [0.15, 0.2) is 0 Å². The molecule has 0 bridgehead atoms. The molecule has 2 aromatic heterocycles. The van der Waals surface area contributed by atoms with Gasteiger partial charge < -0.3 is 10.2 Å². The quantitative estimate of drug-likeness (QED) is 0.408. The van der Waals surface area contributed by atoms with Crippen LogP contribution >= 0.6 is 11.3 Å². The van der Waals surface area contributed by atoms with Crippen LogP contribution in [0.15, 0.2) is 45.3 Å². The lowest BCUT2D eigenvalue weighted by Crippen LogP contribution is -2.46. The lowest BCUT2D eigenvalue weighted by molar-refractivity contribution is -0.135. The van der Waals surface area contributed by atoms with Gasteiger partial charge in [-0.25, -0.2) is 4.79 Å². The first-order valence-corrected chi connectivity index (χ1v) is 14.1. The number of benzene rings is 1. The van der Waals surface area contributed by atoms with Crippen molar-refractivity contribution in [2.45, 2.75) is 84.5 Å². The molecule has 1 aromatic carbocycles. The molecule has 1 atom stereocenters. The van der Waals surface area contributed by atoms with Crippen molar-refractivity contribution in [3.8, 4) is 0 Å². The van der Waals surface area contributed by atoms with Crippen molar-refractivity contribution < 1.29 is 9.59 Å². The maximum Gasteiger partial charge on any atom is 0.332 e. The van der Waals surface area contributed by atoms with Crippen LogP contribution in [0.25, 0.3) is 10.2 Å². The number of amides is 2. The van der Waals surface area contributed by atoms with Crippen LogP contribution in [-0.4, -0.2) is 38.4 Å². The highest BCUT2D eigenvalue weighted by molar-refractivity contribution is 7.17. The second-order valence-corrected chi connectivity index (χ2v) is 10.9. The molecule has 0 aliphatic carbocycles. The number of thiophene rings is 1. The number of nitrogens with one attached hydrogen (secondary N) is 1. The van der Waals surface area contributed by atoms with Gasteiger partial charge in [-0.3, -0.25) is 23.5 Å². The van der Waals surface area contributed by atoms with Crippen molar-refractivity contribution in [2.24, 2.45) is 0 Å². The van der Waals surface area contributed by atoms with Gasteiger partial charge in [-0.1, -0.05) is 36.2 Å². The summed E-state index contributed by atoms with van der Waals surface area (Å²) < 4.78 is 3.20. The van der Waals surface area contributed by atoms with Crippen molar-refractivity contribution in [1.82, 2.24) is 19.4 Å². The predicted molar refractivity (Wildman–Crippen MR) is 147 cm³/mol. The SMILES string of the molecule is Cc1ccc(CNC(=O)CCCCCn2c(=O)c3sccc3n(CC(=O)N3CCCC[C@@H]3C)c2=O)cc1. The van der Waals surface area contributed by atoms with Crippen LogP contribution in [-0.2, 0) is 29.2 Å². The minimum absolute atomic E-state index is 0.00874. The molecule has 1 aliphatic heterocycles. The molecule has 0 radical (unpaired) electrons. The monoisotopic (exact) mass is 524 g/mol. The number of hydrogen-bond donors (Lipinski definition) is 1. The molecule has 1 N–H and O–H groups in total. The molecule has 1 aliphatic rings. The number of carbonyl (C=O) groups excluding carboxylic acids is 2.